The number of rotatable bonds is 6. The van der Waals surface area contributed by atoms with E-state index in [1.54, 1.807) is 24.3 Å². The summed E-state index contributed by atoms with van der Waals surface area (Å²) >= 11 is 0. The van der Waals surface area contributed by atoms with Gasteiger partial charge < -0.3 is 9.47 Å². The van der Waals surface area contributed by atoms with Crippen LogP contribution in [0.15, 0.2) is 43.2 Å². The molecule has 0 unspecified atom stereocenters. The number of ether oxygens (including phenoxy) is 2. The Hall–Kier alpha value is -1.77. The zero-order valence-corrected chi connectivity index (χ0v) is 8.52. The highest BCUT2D eigenvalue weighted by Crippen LogP contribution is 2.01. The van der Waals surface area contributed by atoms with Gasteiger partial charge in [0.1, 0.15) is 0 Å². The molecule has 0 N–H and O–H groups in total. The average Bonchev–Trinajstić information content (AvgIpc) is 2.30. The van der Waals surface area contributed by atoms with Crippen molar-refractivity contribution >= 4 is 5.97 Å². The molecule has 0 radical (unpaired) electrons. The number of carbonyl (C=O) groups excluding carboxylic acids is 1. The van der Waals surface area contributed by atoms with Crippen molar-refractivity contribution in [3.05, 3.63) is 48.7 Å². The van der Waals surface area contributed by atoms with Gasteiger partial charge in [-0.25, -0.2) is 4.79 Å². The molecule has 0 aliphatic carbocycles. The highest BCUT2D eigenvalue weighted by Gasteiger charge is 2.04. The van der Waals surface area contributed by atoms with Crippen molar-refractivity contribution in [3.8, 4) is 0 Å². The van der Waals surface area contributed by atoms with Crippen LogP contribution in [0.25, 0.3) is 0 Å². The third-order valence-electron chi connectivity index (χ3n) is 1.77. The fourth-order valence-corrected chi connectivity index (χ4v) is 1.05. The Morgan fingerprint density at radius 2 is 2.00 bits per heavy atom. The largest absolute Gasteiger partial charge is 0.502 e. The van der Waals surface area contributed by atoms with Crippen LogP contribution in [-0.4, -0.2) is 19.2 Å². The van der Waals surface area contributed by atoms with Crippen LogP contribution < -0.4 is 0 Å². The molecule has 0 saturated heterocycles. The molecule has 0 aliphatic heterocycles. The second-order valence-corrected chi connectivity index (χ2v) is 2.89. The monoisotopic (exact) mass is 206 g/mol. The lowest BCUT2D eigenvalue weighted by molar-refractivity contribution is 0.0478. The summed E-state index contributed by atoms with van der Waals surface area (Å²) in [6, 6.07) is 8.91. The van der Waals surface area contributed by atoms with Gasteiger partial charge in [-0.15, -0.1) is 0 Å². The Morgan fingerprint density at radius 3 is 2.67 bits per heavy atom. The first-order valence-corrected chi connectivity index (χ1v) is 4.79. The molecule has 0 heterocycles. The highest BCUT2D eigenvalue weighted by atomic mass is 16.5. The van der Waals surface area contributed by atoms with Crippen LogP contribution in [0.2, 0.25) is 0 Å². The molecule has 1 rings (SSSR count). The lowest BCUT2D eigenvalue weighted by Crippen LogP contribution is -2.07. The standard InChI is InChI=1S/C12H14O3/c1-2-14-9-6-10-15-12(13)11-7-4-3-5-8-11/h2-5,7-8H,1,6,9-10H2. The third-order valence-corrected chi connectivity index (χ3v) is 1.77. The molecule has 0 aliphatic rings. The normalized spacial score (nSPS) is 9.33. The molecule has 3 heteroatoms. The SMILES string of the molecule is C=COCCCOC(=O)c1ccccc1. The predicted molar refractivity (Wildman–Crippen MR) is 57.5 cm³/mol. The number of esters is 1. The van der Waals surface area contributed by atoms with E-state index >= 15 is 0 Å². The van der Waals surface area contributed by atoms with Crippen LogP contribution >= 0.6 is 0 Å². The van der Waals surface area contributed by atoms with E-state index in [9.17, 15) is 4.79 Å². The van der Waals surface area contributed by atoms with E-state index < -0.39 is 0 Å². The molecule has 1 aromatic carbocycles. The van der Waals surface area contributed by atoms with Crippen molar-refractivity contribution in [2.24, 2.45) is 0 Å². The summed E-state index contributed by atoms with van der Waals surface area (Å²) in [5.74, 6) is -0.297. The number of hydrogen-bond donors (Lipinski definition) is 0. The molecular formula is C12H14O3. The molecule has 80 valence electrons. The maximum absolute atomic E-state index is 11.4. The van der Waals surface area contributed by atoms with Crippen LogP contribution in [0.4, 0.5) is 0 Å². The smallest absolute Gasteiger partial charge is 0.338 e. The van der Waals surface area contributed by atoms with Crippen LogP contribution in [0.5, 0.6) is 0 Å². The van der Waals surface area contributed by atoms with Crippen molar-refractivity contribution in [1.29, 1.82) is 0 Å². The lowest BCUT2D eigenvalue weighted by Gasteiger charge is -2.04. The van der Waals surface area contributed by atoms with E-state index in [4.69, 9.17) is 9.47 Å². The van der Waals surface area contributed by atoms with E-state index in [1.165, 1.54) is 6.26 Å². The molecule has 0 bridgehead atoms. The van der Waals surface area contributed by atoms with Gasteiger partial charge in [0.05, 0.1) is 25.0 Å². The first-order valence-electron chi connectivity index (χ1n) is 4.79. The lowest BCUT2D eigenvalue weighted by atomic mass is 10.2. The minimum Gasteiger partial charge on any atom is -0.502 e. The maximum Gasteiger partial charge on any atom is 0.338 e. The third kappa shape index (κ3) is 4.31. The van der Waals surface area contributed by atoms with Crippen molar-refractivity contribution < 1.29 is 14.3 Å². The molecular weight excluding hydrogens is 192 g/mol. The molecule has 0 spiro atoms. The minimum absolute atomic E-state index is 0.297. The van der Waals surface area contributed by atoms with Gasteiger partial charge in [-0.05, 0) is 12.1 Å². The van der Waals surface area contributed by atoms with E-state index in [0.29, 0.717) is 25.2 Å². The zero-order valence-electron chi connectivity index (χ0n) is 8.52. The maximum atomic E-state index is 11.4. The van der Waals surface area contributed by atoms with Crippen molar-refractivity contribution in [2.75, 3.05) is 13.2 Å². The van der Waals surface area contributed by atoms with Gasteiger partial charge in [-0.1, -0.05) is 24.8 Å². The fraction of sp³-hybridized carbons (Fsp3) is 0.250. The molecule has 0 amide bonds. The quantitative estimate of drug-likeness (QED) is 0.407. The van der Waals surface area contributed by atoms with Gasteiger partial charge in [0.25, 0.3) is 0 Å². The van der Waals surface area contributed by atoms with E-state index in [0.717, 1.165) is 0 Å². The molecule has 0 atom stereocenters. The Balaban J connectivity index is 2.22. The van der Waals surface area contributed by atoms with Crippen LogP contribution in [0.1, 0.15) is 16.8 Å². The molecule has 0 saturated carbocycles. The van der Waals surface area contributed by atoms with Gasteiger partial charge in [-0.3, -0.25) is 0 Å². The zero-order chi connectivity index (χ0) is 10.9. The van der Waals surface area contributed by atoms with Crippen molar-refractivity contribution in [1.82, 2.24) is 0 Å². The molecule has 15 heavy (non-hydrogen) atoms. The Morgan fingerprint density at radius 1 is 1.27 bits per heavy atom. The topological polar surface area (TPSA) is 35.5 Å². The first kappa shape index (κ1) is 11.3. The summed E-state index contributed by atoms with van der Waals surface area (Å²) in [5, 5.41) is 0. The van der Waals surface area contributed by atoms with E-state index in [-0.39, 0.29) is 5.97 Å². The van der Waals surface area contributed by atoms with Gasteiger partial charge in [0.2, 0.25) is 0 Å². The van der Waals surface area contributed by atoms with Crippen molar-refractivity contribution in [2.45, 2.75) is 6.42 Å². The molecule has 0 fully saturated rings. The highest BCUT2D eigenvalue weighted by molar-refractivity contribution is 5.89. The summed E-state index contributed by atoms with van der Waals surface area (Å²) in [5.41, 5.74) is 0.571. The number of benzene rings is 1. The Bertz CT molecular complexity index is 306. The summed E-state index contributed by atoms with van der Waals surface area (Å²) in [6.45, 7) is 4.29. The first-order chi connectivity index (χ1) is 7.34. The van der Waals surface area contributed by atoms with Crippen molar-refractivity contribution in [3.63, 3.8) is 0 Å². The molecule has 1 aromatic rings. The Labute approximate surface area is 89.3 Å². The summed E-state index contributed by atoms with van der Waals surface area (Å²) in [4.78, 5) is 11.4. The number of carbonyl (C=O) groups is 1. The number of hydrogen-bond acceptors (Lipinski definition) is 3. The summed E-state index contributed by atoms with van der Waals surface area (Å²) in [6.07, 6.45) is 2.05. The summed E-state index contributed by atoms with van der Waals surface area (Å²) in [7, 11) is 0. The second kappa shape index (κ2) is 6.65. The Kier molecular flexibility index (Phi) is 5.01. The molecule has 0 aromatic heterocycles. The van der Waals surface area contributed by atoms with Gasteiger partial charge in [-0.2, -0.15) is 0 Å². The summed E-state index contributed by atoms with van der Waals surface area (Å²) < 4.78 is 9.92. The fourth-order valence-electron chi connectivity index (χ4n) is 1.05. The molecule has 3 nitrogen and oxygen atoms in total. The van der Waals surface area contributed by atoms with Gasteiger partial charge in [0, 0.05) is 6.42 Å². The van der Waals surface area contributed by atoms with Crippen LogP contribution in [0.3, 0.4) is 0 Å². The van der Waals surface area contributed by atoms with Crippen LogP contribution in [-0.2, 0) is 9.47 Å². The average molecular weight is 206 g/mol. The minimum atomic E-state index is -0.297. The van der Waals surface area contributed by atoms with Gasteiger partial charge >= 0.3 is 5.97 Å². The van der Waals surface area contributed by atoms with E-state index in [2.05, 4.69) is 6.58 Å². The van der Waals surface area contributed by atoms with Gasteiger partial charge in [0.15, 0.2) is 0 Å². The van der Waals surface area contributed by atoms with Crippen LogP contribution in [0, 0.1) is 0 Å². The van der Waals surface area contributed by atoms with E-state index in [1.807, 2.05) is 6.07 Å². The predicted octanol–water partition coefficient (Wildman–Crippen LogP) is 2.39. The second-order valence-electron chi connectivity index (χ2n) is 2.89.